The second-order valence-corrected chi connectivity index (χ2v) is 4.43. The van der Waals surface area contributed by atoms with E-state index in [1.807, 2.05) is 6.07 Å². The van der Waals surface area contributed by atoms with Crippen LogP contribution in [0.1, 0.15) is 22.0 Å². The quantitative estimate of drug-likeness (QED) is 0.928. The maximum Gasteiger partial charge on any atom is 0.331 e. The second kappa shape index (κ2) is 6.02. The predicted octanol–water partition coefficient (Wildman–Crippen LogP) is 2.58. The van der Waals surface area contributed by atoms with E-state index in [0.717, 1.165) is 0 Å². The Morgan fingerprint density at radius 1 is 0.950 bits per heavy atom. The van der Waals surface area contributed by atoms with Gasteiger partial charge < -0.3 is 10.0 Å². The highest BCUT2D eigenvalue weighted by Gasteiger charge is 2.28. The number of aliphatic carboxylic acids is 1. The summed E-state index contributed by atoms with van der Waals surface area (Å²) in [6, 6.07) is 16.4. The number of hydrogen-bond donors (Lipinski definition) is 1. The number of amides is 1. The van der Waals surface area contributed by atoms with Gasteiger partial charge in [0.05, 0.1) is 0 Å². The van der Waals surface area contributed by atoms with Crippen LogP contribution in [0.5, 0.6) is 0 Å². The molecule has 2 rings (SSSR count). The highest BCUT2D eigenvalue weighted by Crippen LogP contribution is 2.21. The lowest BCUT2D eigenvalue weighted by Crippen LogP contribution is -2.35. The van der Waals surface area contributed by atoms with Gasteiger partial charge in [0.15, 0.2) is 6.04 Å². The molecule has 0 heterocycles. The largest absolute Gasteiger partial charge is 0.479 e. The summed E-state index contributed by atoms with van der Waals surface area (Å²) in [5, 5.41) is 9.40. The molecule has 20 heavy (non-hydrogen) atoms. The van der Waals surface area contributed by atoms with Crippen LogP contribution in [0.3, 0.4) is 0 Å². The van der Waals surface area contributed by atoms with Gasteiger partial charge in [-0.3, -0.25) is 4.79 Å². The summed E-state index contributed by atoms with van der Waals surface area (Å²) < 4.78 is 0. The first-order valence-corrected chi connectivity index (χ1v) is 6.21. The maximum atomic E-state index is 12.3. The van der Waals surface area contributed by atoms with Crippen LogP contribution < -0.4 is 0 Å². The number of hydrogen-bond acceptors (Lipinski definition) is 2. The van der Waals surface area contributed by atoms with E-state index in [9.17, 15) is 14.7 Å². The van der Waals surface area contributed by atoms with Crippen LogP contribution in [0.4, 0.5) is 0 Å². The lowest BCUT2D eigenvalue weighted by molar-refractivity contribution is -0.142. The molecule has 0 aliphatic heterocycles. The second-order valence-electron chi connectivity index (χ2n) is 4.43. The van der Waals surface area contributed by atoms with Gasteiger partial charge in [0.1, 0.15) is 0 Å². The molecule has 1 N–H and O–H groups in total. The lowest BCUT2D eigenvalue weighted by Gasteiger charge is -2.25. The average molecular weight is 269 g/mol. The first-order chi connectivity index (χ1) is 9.61. The summed E-state index contributed by atoms with van der Waals surface area (Å²) in [5.41, 5.74) is 1.05. The van der Waals surface area contributed by atoms with Gasteiger partial charge in [-0.1, -0.05) is 48.5 Å². The zero-order chi connectivity index (χ0) is 14.5. The van der Waals surface area contributed by atoms with Gasteiger partial charge in [-0.25, -0.2) is 4.79 Å². The van der Waals surface area contributed by atoms with E-state index in [-0.39, 0.29) is 5.91 Å². The molecule has 0 spiro atoms. The molecule has 0 aromatic heterocycles. The van der Waals surface area contributed by atoms with E-state index >= 15 is 0 Å². The number of carboxylic acid groups (broad SMARTS) is 1. The van der Waals surface area contributed by atoms with Crippen molar-refractivity contribution in [3.63, 3.8) is 0 Å². The number of likely N-dealkylation sites (N-methyl/N-ethyl adjacent to an activating group) is 1. The first kappa shape index (κ1) is 13.8. The standard InChI is InChI=1S/C16H15NO3/c1-17(15(18)13-10-6-3-7-11-13)14(16(19)20)12-8-4-2-5-9-12/h2-11,14H,1H3,(H,19,20)/t14-/m0/s1. The SMILES string of the molecule is CN(C(=O)c1ccccc1)[C@H](C(=O)O)c1ccccc1. The molecule has 4 nitrogen and oxygen atoms in total. The number of benzene rings is 2. The molecule has 0 bridgehead atoms. The molecule has 0 saturated heterocycles. The highest BCUT2D eigenvalue weighted by atomic mass is 16.4. The van der Waals surface area contributed by atoms with Crippen molar-refractivity contribution in [3.8, 4) is 0 Å². The fourth-order valence-electron chi connectivity index (χ4n) is 2.07. The van der Waals surface area contributed by atoms with Crippen molar-refractivity contribution in [2.24, 2.45) is 0 Å². The summed E-state index contributed by atoms with van der Waals surface area (Å²) in [5.74, 6) is -1.37. The fraction of sp³-hybridized carbons (Fsp3) is 0.125. The van der Waals surface area contributed by atoms with Crippen molar-refractivity contribution >= 4 is 11.9 Å². The Morgan fingerprint density at radius 3 is 1.95 bits per heavy atom. The van der Waals surface area contributed by atoms with Crippen molar-refractivity contribution in [2.45, 2.75) is 6.04 Å². The van der Waals surface area contributed by atoms with Gasteiger partial charge in [0, 0.05) is 12.6 Å². The van der Waals surface area contributed by atoms with Gasteiger partial charge in [-0.2, -0.15) is 0 Å². The van der Waals surface area contributed by atoms with E-state index < -0.39 is 12.0 Å². The number of carbonyl (C=O) groups excluding carboxylic acids is 1. The minimum absolute atomic E-state index is 0.318. The predicted molar refractivity (Wildman–Crippen MR) is 75.4 cm³/mol. The molecular formula is C16H15NO3. The molecule has 2 aromatic carbocycles. The van der Waals surface area contributed by atoms with Crippen molar-refractivity contribution in [1.29, 1.82) is 0 Å². The molecule has 1 atom stereocenters. The molecule has 0 aliphatic carbocycles. The summed E-state index contributed by atoms with van der Waals surface area (Å²) >= 11 is 0. The maximum absolute atomic E-state index is 12.3. The molecule has 2 aromatic rings. The van der Waals surface area contributed by atoms with Gasteiger partial charge >= 0.3 is 5.97 Å². The Labute approximate surface area is 117 Å². The van der Waals surface area contributed by atoms with Crippen LogP contribution in [-0.2, 0) is 4.79 Å². The van der Waals surface area contributed by atoms with Crippen LogP contribution in [-0.4, -0.2) is 28.9 Å². The summed E-state index contributed by atoms with van der Waals surface area (Å²) in [7, 11) is 1.50. The smallest absolute Gasteiger partial charge is 0.331 e. The molecule has 0 saturated carbocycles. The first-order valence-electron chi connectivity index (χ1n) is 6.21. The van der Waals surface area contributed by atoms with E-state index in [2.05, 4.69) is 0 Å². The summed E-state index contributed by atoms with van der Waals surface area (Å²) in [4.78, 5) is 25.1. The normalized spacial score (nSPS) is 11.7. The van der Waals surface area contributed by atoms with Crippen molar-refractivity contribution in [1.82, 2.24) is 4.90 Å². The van der Waals surface area contributed by atoms with Gasteiger partial charge in [-0.05, 0) is 17.7 Å². The van der Waals surface area contributed by atoms with Crippen LogP contribution in [0.15, 0.2) is 60.7 Å². The molecule has 102 valence electrons. The van der Waals surface area contributed by atoms with Crippen LogP contribution in [0.25, 0.3) is 0 Å². The molecule has 0 unspecified atom stereocenters. The highest BCUT2D eigenvalue weighted by molar-refractivity contribution is 5.96. The van der Waals surface area contributed by atoms with Crippen molar-refractivity contribution < 1.29 is 14.7 Å². The molecule has 4 heteroatoms. The number of carbonyl (C=O) groups is 2. The molecule has 1 amide bonds. The Kier molecular flexibility index (Phi) is 4.15. The third kappa shape index (κ3) is 2.85. The number of rotatable bonds is 4. The monoisotopic (exact) mass is 269 g/mol. The minimum Gasteiger partial charge on any atom is -0.479 e. The third-order valence-corrected chi connectivity index (χ3v) is 3.08. The molecule has 0 aliphatic rings. The molecule has 0 fully saturated rings. The van der Waals surface area contributed by atoms with Crippen molar-refractivity contribution in [3.05, 3.63) is 71.8 Å². The Balaban J connectivity index is 2.31. The van der Waals surface area contributed by atoms with E-state index in [1.165, 1.54) is 11.9 Å². The van der Waals surface area contributed by atoms with Gasteiger partial charge in [-0.15, -0.1) is 0 Å². The zero-order valence-electron chi connectivity index (χ0n) is 11.1. The summed E-state index contributed by atoms with van der Waals surface area (Å²) in [6.07, 6.45) is 0. The Hall–Kier alpha value is -2.62. The third-order valence-electron chi connectivity index (χ3n) is 3.08. The van der Waals surface area contributed by atoms with Gasteiger partial charge in [0.25, 0.3) is 5.91 Å². The van der Waals surface area contributed by atoms with Crippen LogP contribution in [0.2, 0.25) is 0 Å². The number of carboxylic acids is 1. The number of nitrogens with zero attached hydrogens (tertiary/aromatic N) is 1. The van der Waals surface area contributed by atoms with E-state index in [0.29, 0.717) is 11.1 Å². The average Bonchev–Trinajstić information content (AvgIpc) is 2.48. The molecular weight excluding hydrogens is 254 g/mol. The fourth-order valence-corrected chi connectivity index (χ4v) is 2.07. The van der Waals surface area contributed by atoms with Gasteiger partial charge in [0.2, 0.25) is 0 Å². The Morgan fingerprint density at radius 2 is 1.45 bits per heavy atom. The van der Waals surface area contributed by atoms with E-state index in [1.54, 1.807) is 54.6 Å². The minimum atomic E-state index is -1.05. The van der Waals surface area contributed by atoms with Crippen molar-refractivity contribution in [2.75, 3.05) is 7.05 Å². The van der Waals surface area contributed by atoms with E-state index in [4.69, 9.17) is 0 Å². The lowest BCUT2D eigenvalue weighted by atomic mass is 10.0. The molecule has 0 radical (unpaired) electrons. The summed E-state index contributed by atoms with van der Waals surface area (Å²) in [6.45, 7) is 0. The van der Waals surface area contributed by atoms with Crippen LogP contribution >= 0.6 is 0 Å². The zero-order valence-corrected chi connectivity index (χ0v) is 11.1. The topological polar surface area (TPSA) is 57.6 Å². The van der Waals surface area contributed by atoms with Crippen LogP contribution in [0, 0.1) is 0 Å². The Bertz CT molecular complexity index is 596.